The largest absolute Gasteiger partial charge is 0.328 e. The lowest BCUT2D eigenvalue weighted by molar-refractivity contribution is 0.102. The van der Waals surface area contributed by atoms with Crippen molar-refractivity contribution in [2.75, 3.05) is 5.32 Å². The van der Waals surface area contributed by atoms with Gasteiger partial charge in [-0.1, -0.05) is 0 Å². The molecule has 23 heavy (non-hydrogen) atoms. The van der Waals surface area contributed by atoms with E-state index in [2.05, 4.69) is 15.3 Å². The lowest BCUT2D eigenvalue weighted by atomic mass is 10.1. The van der Waals surface area contributed by atoms with Crippen LogP contribution >= 0.6 is 11.3 Å². The fourth-order valence-corrected chi connectivity index (χ4v) is 2.88. The minimum atomic E-state index is -0.361. The molecule has 2 aromatic heterocycles. The molecule has 3 aromatic rings. The van der Waals surface area contributed by atoms with Gasteiger partial charge in [0, 0.05) is 22.7 Å². The maximum Gasteiger partial charge on any atom is 0.258 e. The number of hydrogen-bond donors (Lipinski definition) is 2. The van der Waals surface area contributed by atoms with Crippen molar-refractivity contribution >= 4 is 22.4 Å². The summed E-state index contributed by atoms with van der Waals surface area (Å²) in [5.41, 5.74) is 1.54. The Kier molecular flexibility index (Phi) is 4.03. The molecule has 0 fully saturated rings. The number of carbonyl (C=O) groups is 1. The molecule has 1 amide bonds. The van der Waals surface area contributed by atoms with E-state index in [0.29, 0.717) is 16.4 Å². The lowest BCUT2D eigenvalue weighted by Crippen LogP contribution is -2.14. The molecule has 0 spiro atoms. The molecule has 0 aliphatic heterocycles. The zero-order valence-electron chi connectivity index (χ0n) is 12.1. The van der Waals surface area contributed by atoms with E-state index in [0.717, 1.165) is 10.4 Å². The zero-order valence-corrected chi connectivity index (χ0v) is 12.9. The first-order valence-electron chi connectivity index (χ1n) is 6.76. The Hall–Kier alpha value is -2.80. The van der Waals surface area contributed by atoms with Gasteiger partial charge in [-0.25, -0.2) is 9.37 Å². The second-order valence-electron chi connectivity index (χ2n) is 4.83. The third-order valence-corrected chi connectivity index (χ3v) is 4.07. The average Bonchev–Trinajstić information content (AvgIpc) is 2.89. The minimum absolute atomic E-state index is 0.273. The fourth-order valence-electron chi connectivity index (χ4n) is 2.05. The number of pyridine rings is 1. The number of anilines is 1. The normalized spacial score (nSPS) is 10.5. The molecule has 0 aliphatic rings. The summed E-state index contributed by atoms with van der Waals surface area (Å²) in [6, 6.07) is 8.75. The highest BCUT2D eigenvalue weighted by Gasteiger charge is 2.13. The molecule has 7 heteroatoms. The summed E-state index contributed by atoms with van der Waals surface area (Å²) in [6.07, 6.45) is 1.35. The third-order valence-electron chi connectivity index (χ3n) is 3.18. The summed E-state index contributed by atoms with van der Waals surface area (Å²) in [4.78, 5) is 30.9. The van der Waals surface area contributed by atoms with Gasteiger partial charge in [0.15, 0.2) is 5.13 Å². The first-order chi connectivity index (χ1) is 11.0. The van der Waals surface area contributed by atoms with Crippen LogP contribution in [0.2, 0.25) is 0 Å². The van der Waals surface area contributed by atoms with Crippen molar-refractivity contribution in [3.63, 3.8) is 0 Å². The van der Waals surface area contributed by atoms with Crippen LogP contribution in [0.1, 0.15) is 15.2 Å². The Labute approximate surface area is 134 Å². The highest BCUT2D eigenvalue weighted by Crippen LogP contribution is 2.30. The van der Waals surface area contributed by atoms with Gasteiger partial charge < -0.3 is 4.98 Å². The summed E-state index contributed by atoms with van der Waals surface area (Å²) in [6.45, 7) is 1.88. The highest BCUT2D eigenvalue weighted by molar-refractivity contribution is 7.16. The van der Waals surface area contributed by atoms with Crippen LogP contribution in [0.4, 0.5) is 9.52 Å². The molecular formula is C16H12FN3O2S. The van der Waals surface area contributed by atoms with Gasteiger partial charge in [-0.2, -0.15) is 0 Å². The molecule has 0 aliphatic carbocycles. The number of nitrogens with one attached hydrogen (secondary N) is 2. The van der Waals surface area contributed by atoms with Crippen molar-refractivity contribution in [2.45, 2.75) is 6.92 Å². The number of H-pyrrole nitrogens is 1. The average molecular weight is 329 g/mol. The monoisotopic (exact) mass is 329 g/mol. The molecule has 2 N–H and O–H groups in total. The number of hydrogen-bond acceptors (Lipinski definition) is 4. The molecule has 1 aromatic carbocycles. The van der Waals surface area contributed by atoms with E-state index < -0.39 is 0 Å². The summed E-state index contributed by atoms with van der Waals surface area (Å²) in [5, 5.41) is 3.14. The third kappa shape index (κ3) is 3.35. The number of aryl methyl sites for hydroxylation is 1. The molecular weight excluding hydrogens is 317 g/mol. The SMILES string of the molecule is Cc1sc(NC(=O)c2ccc(=O)[nH]c2)nc1-c1ccc(F)cc1. The number of halogens is 1. The molecule has 0 radical (unpaired) electrons. The lowest BCUT2D eigenvalue weighted by Gasteiger charge is -2.00. The Morgan fingerprint density at radius 1 is 1.22 bits per heavy atom. The Balaban J connectivity index is 1.83. The van der Waals surface area contributed by atoms with Gasteiger partial charge in [0.05, 0.1) is 11.3 Å². The van der Waals surface area contributed by atoms with Gasteiger partial charge in [0.25, 0.3) is 5.91 Å². The Bertz CT molecular complexity index is 895. The van der Waals surface area contributed by atoms with Crippen LogP contribution in [0.25, 0.3) is 11.3 Å². The van der Waals surface area contributed by atoms with E-state index in [1.54, 1.807) is 12.1 Å². The number of benzene rings is 1. The number of carbonyl (C=O) groups excluding carboxylic acids is 1. The Morgan fingerprint density at radius 2 is 1.96 bits per heavy atom. The molecule has 0 atom stereocenters. The molecule has 0 saturated heterocycles. The molecule has 0 bridgehead atoms. The molecule has 0 saturated carbocycles. The summed E-state index contributed by atoms with van der Waals surface area (Å²) >= 11 is 1.33. The van der Waals surface area contributed by atoms with Crippen LogP contribution in [0.5, 0.6) is 0 Å². The van der Waals surface area contributed by atoms with Crippen molar-refractivity contribution in [2.24, 2.45) is 0 Å². The second-order valence-corrected chi connectivity index (χ2v) is 6.03. The molecule has 5 nitrogen and oxygen atoms in total. The minimum Gasteiger partial charge on any atom is -0.328 e. The van der Waals surface area contributed by atoms with Crippen LogP contribution in [0, 0.1) is 12.7 Å². The second kappa shape index (κ2) is 6.13. The molecule has 2 heterocycles. The van der Waals surface area contributed by atoms with Crippen molar-refractivity contribution in [1.82, 2.24) is 9.97 Å². The van der Waals surface area contributed by atoms with Gasteiger partial charge >= 0.3 is 0 Å². The predicted octanol–water partition coefficient (Wildman–Crippen LogP) is 3.20. The van der Waals surface area contributed by atoms with Crippen molar-refractivity contribution < 1.29 is 9.18 Å². The van der Waals surface area contributed by atoms with E-state index in [1.165, 1.54) is 41.8 Å². The van der Waals surface area contributed by atoms with Crippen molar-refractivity contribution in [3.05, 3.63) is 69.2 Å². The van der Waals surface area contributed by atoms with E-state index >= 15 is 0 Å². The van der Waals surface area contributed by atoms with Gasteiger partial charge in [-0.05, 0) is 37.3 Å². The number of aromatic amines is 1. The maximum atomic E-state index is 13.0. The van der Waals surface area contributed by atoms with Crippen LogP contribution < -0.4 is 10.9 Å². The quantitative estimate of drug-likeness (QED) is 0.775. The maximum absolute atomic E-state index is 13.0. The van der Waals surface area contributed by atoms with Gasteiger partial charge in [0.2, 0.25) is 5.56 Å². The van der Waals surface area contributed by atoms with Crippen LogP contribution in [0.3, 0.4) is 0 Å². The molecule has 116 valence electrons. The van der Waals surface area contributed by atoms with E-state index in [4.69, 9.17) is 0 Å². The van der Waals surface area contributed by atoms with Gasteiger partial charge in [0.1, 0.15) is 5.82 Å². The standard InChI is InChI=1S/C16H12FN3O2S/c1-9-14(10-2-5-12(17)6-3-10)19-16(23-9)20-15(22)11-4-7-13(21)18-8-11/h2-8H,1H3,(H,18,21)(H,19,20,22). The van der Waals surface area contributed by atoms with Crippen LogP contribution in [0.15, 0.2) is 47.4 Å². The van der Waals surface area contributed by atoms with Gasteiger partial charge in [-0.3, -0.25) is 14.9 Å². The Morgan fingerprint density at radius 3 is 2.61 bits per heavy atom. The number of thiazole rings is 1. The first kappa shape index (κ1) is 15.1. The predicted molar refractivity (Wildman–Crippen MR) is 87.3 cm³/mol. The molecule has 0 unspecified atom stereocenters. The zero-order chi connectivity index (χ0) is 16.4. The number of amides is 1. The first-order valence-corrected chi connectivity index (χ1v) is 7.58. The van der Waals surface area contributed by atoms with Gasteiger partial charge in [-0.15, -0.1) is 11.3 Å². The molecule has 3 rings (SSSR count). The highest BCUT2D eigenvalue weighted by atomic mass is 32.1. The smallest absolute Gasteiger partial charge is 0.258 e. The number of nitrogens with zero attached hydrogens (tertiary/aromatic N) is 1. The summed E-state index contributed by atoms with van der Waals surface area (Å²) in [7, 11) is 0. The van der Waals surface area contributed by atoms with Crippen molar-refractivity contribution in [3.8, 4) is 11.3 Å². The van der Waals surface area contributed by atoms with Crippen LogP contribution in [-0.2, 0) is 0 Å². The van der Waals surface area contributed by atoms with Crippen molar-refractivity contribution in [1.29, 1.82) is 0 Å². The fraction of sp³-hybridized carbons (Fsp3) is 0.0625. The number of aromatic nitrogens is 2. The van der Waals surface area contributed by atoms with E-state index in [9.17, 15) is 14.0 Å². The van der Waals surface area contributed by atoms with E-state index in [-0.39, 0.29) is 17.3 Å². The topological polar surface area (TPSA) is 74.8 Å². The van der Waals surface area contributed by atoms with Crippen LogP contribution in [-0.4, -0.2) is 15.9 Å². The summed E-state index contributed by atoms with van der Waals surface area (Å²) < 4.78 is 13.0. The number of rotatable bonds is 3. The summed E-state index contributed by atoms with van der Waals surface area (Å²) in [5.74, 6) is -0.672. The van der Waals surface area contributed by atoms with E-state index in [1.807, 2.05) is 6.92 Å².